The van der Waals surface area contributed by atoms with Crippen LogP contribution in [0.1, 0.15) is 81.5 Å². The molecule has 24 heavy (non-hydrogen) atoms. The number of phenols is 1. The van der Waals surface area contributed by atoms with Crippen LogP contribution in [-0.2, 0) is 4.74 Å². The zero-order valence-electron chi connectivity index (χ0n) is 15.0. The van der Waals surface area contributed by atoms with Gasteiger partial charge in [0.2, 0.25) is 0 Å². The van der Waals surface area contributed by atoms with E-state index in [0.29, 0.717) is 12.2 Å². The van der Waals surface area contributed by atoms with Crippen LogP contribution in [0.25, 0.3) is 0 Å². The molecule has 0 radical (unpaired) electrons. The summed E-state index contributed by atoms with van der Waals surface area (Å²) in [7, 11) is 0. The smallest absolute Gasteiger partial charge is 0.338 e. The molecule has 1 N–H and O–H groups in total. The van der Waals surface area contributed by atoms with E-state index in [1.165, 1.54) is 63.5 Å². The van der Waals surface area contributed by atoms with Crippen molar-refractivity contribution in [2.24, 2.45) is 0 Å². The average molecular weight is 332 g/mol. The summed E-state index contributed by atoms with van der Waals surface area (Å²) in [6, 6.07) is 6.15. The molecule has 1 aromatic rings. The number of esters is 1. The number of phenolic OH excluding ortho intramolecular Hbond substituents is 1. The molecule has 0 saturated carbocycles. The zero-order chi connectivity index (χ0) is 17.5. The molecule has 0 amide bonds. The Balaban J connectivity index is 1.90. The molecule has 3 nitrogen and oxygen atoms in total. The van der Waals surface area contributed by atoms with Crippen LogP contribution in [0.15, 0.2) is 36.4 Å². The van der Waals surface area contributed by atoms with E-state index in [4.69, 9.17) is 4.74 Å². The van der Waals surface area contributed by atoms with Gasteiger partial charge in [-0.15, -0.1) is 0 Å². The summed E-state index contributed by atoms with van der Waals surface area (Å²) >= 11 is 0. The average Bonchev–Trinajstić information content (AvgIpc) is 2.59. The number of ether oxygens (including phenoxy) is 1. The second-order valence-electron chi connectivity index (χ2n) is 6.21. The molecule has 0 fully saturated rings. The van der Waals surface area contributed by atoms with Crippen molar-refractivity contribution < 1.29 is 14.6 Å². The normalized spacial score (nSPS) is 11.0. The number of carbonyl (C=O) groups is 1. The van der Waals surface area contributed by atoms with Gasteiger partial charge in [0.25, 0.3) is 0 Å². The first-order valence-corrected chi connectivity index (χ1v) is 9.35. The Morgan fingerprint density at radius 3 is 2.17 bits per heavy atom. The maximum absolute atomic E-state index is 11.7. The minimum Gasteiger partial charge on any atom is -0.508 e. The summed E-state index contributed by atoms with van der Waals surface area (Å²) in [5, 5.41) is 9.18. The summed E-state index contributed by atoms with van der Waals surface area (Å²) in [4.78, 5) is 11.7. The SMILES string of the molecule is CCC/C=C/CCCCCCCCCOC(=O)c1ccc(O)cc1. The Kier molecular flexibility index (Phi) is 11.5. The summed E-state index contributed by atoms with van der Waals surface area (Å²) in [6.45, 7) is 2.68. The Labute approximate surface area is 146 Å². The fraction of sp³-hybridized carbons (Fsp3) is 0.571. The molecular formula is C21H32O3. The lowest BCUT2D eigenvalue weighted by Gasteiger charge is -2.05. The van der Waals surface area contributed by atoms with Gasteiger partial charge < -0.3 is 9.84 Å². The molecular weight excluding hydrogens is 300 g/mol. The van der Waals surface area contributed by atoms with Crippen LogP contribution in [0.4, 0.5) is 0 Å². The van der Waals surface area contributed by atoms with Crippen molar-refractivity contribution in [3.8, 4) is 5.75 Å². The summed E-state index contributed by atoms with van der Waals surface area (Å²) in [6.07, 6.45) is 16.7. The standard InChI is InChI=1S/C21H32O3/c1-2-3-4-5-6-7-8-9-10-11-12-13-18-24-21(23)19-14-16-20(22)17-15-19/h4-5,14-17,22H,2-3,6-13,18H2,1H3/b5-4+. The van der Waals surface area contributed by atoms with E-state index in [9.17, 15) is 9.90 Å². The molecule has 0 aromatic heterocycles. The maximum Gasteiger partial charge on any atom is 0.338 e. The van der Waals surface area contributed by atoms with E-state index in [1.807, 2.05) is 0 Å². The van der Waals surface area contributed by atoms with Crippen molar-refractivity contribution in [2.45, 2.75) is 71.1 Å². The highest BCUT2D eigenvalue weighted by Crippen LogP contribution is 2.12. The van der Waals surface area contributed by atoms with Crippen molar-refractivity contribution in [3.63, 3.8) is 0 Å². The summed E-state index contributed by atoms with van der Waals surface area (Å²) < 4.78 is 5.23. The third-order valence-electron chi connectivity index (χ3n) is 3.97. The molecule has 0 unspecified atom stereocenters. The van der Waals surface area contributed by atoms with Gasteiger partial charge in [0, 0.05) is 0 Å². The van der Waals surface area contributed by atoms with Crippen LogP contribution in [0.3, 0.4) is 0 Å². The second kappa shape index (κ2) is 13.6. The third-order valence-corrected chi connectivity index (χ3v) is 3.97. The van der Waals surface area contributed by atoms with Crippen LogP contribution < -0.4 is 0 Å². The lowest BCUT2D eigenvalue weighted by atomic mass is 10.1. The van der Waals surface area contributed by atoms with E-state index in [0.717, 1.165) is 12.8 Å². The molecule has 0 heterocycles. The van der Waals surface area contributed by atoms with Gasteiger partial charge in [-0.3, -0.25) is 0 Å². The molecule has 134 valence electrons. The maximum atomic E-state index is 11.7. The summed E-state index contributed by atoms with van der Waals surface area (Å²) in [5.41, 5.74) is 0.487. The number of hydrogen-bond acceptors (Lipinski definition) is 3. The number of hydrogen-bond donors (Lipinski definition) is 1. The van der Waals surface area contributed by atoms with Crippen LogP contribution in [0.2, 0.25) is 0 Å². The highest BCUT2D eigenvalue weighted by atomic mass is 16.5. The number of allylic oxidation sites excluding steroid dienone is 2. The van der Waals surface area contributed by atoms with Gasteiger partial charge >= 0.3 is 5.97 Å². The minimum absolute atomic E-state index is 0.156. The number of carbonyl (C=O) groups excluding carboxylic acids is 1. The molecule has 0 aliphatic rings. The lowest BCUT2D eigenvalue weighted by molar-refractivity contribution is 0.0497. The Morgan fingerprint density at radius 1 is 0.917 bits per heavy atom. The first-order chi connectivity index (χ1) is 11.7. The molecule has 0 aliphatic carbocycles. The second-order valence-corrected chi connectivity index (χ2v) is 6.21. The van der Waals surface area contributed by atoms with Crippen LogP contribution in [0, 0.1) is 0 Å². The van der Waals surface area contributed by atoms with Crippen molar-refractivity contribution in [2.75, 3.05) is 6.61 Å². The van der Waals surface area contributed by atoms with Crippen molar-refractivity contribution in [3.05, 3.63) is 42.0 Å². The van der Waals surface area contributed by atoms with E-state index in [2.05, 4.69) is 19.1 Å². The quantitative estimate of drug-likeness (QED) is 0.273. The molecule has 0 saturated heterocycles. The summed E-state index contributed by atoms with van der Waals surface area (Å²) in [5.74, 6) is -0.158. The van der Waals surface area contributed by atoms with E-state index < -0.39 is 0 Å². The van der Waals surface area contributed by atoms with Gasteiger partial charge in [0.05, 0.1) is 12.2 Å². The lowest BCUT2D eigenvalue weighted by Crippen LogP contribution is -2.06. The van der Waals surface area contributed by atoms with Gasteiger partial charge in [-0.05, 0) is 49.9 Å². The number of rotatable bonds is 13. The molecule has 1 aromatic carbocycles. The predicted molar refractivity (Wildman–Crippen MR) is 99.4 cm³/mol. The van der Waals surface area contributed by atoms with Crippen molar-refractivity contribution >= 4 is 5.97 Å². The van der Waals surface area contributed by atoms with E-state index in [1.54, 1.807) is 12.1 Å². The number of aromatic hydroxyl groups is 1. The monoisotopic (exact) mass is 332 g/mol. The van der Waals surface area contributed by atoms with Crippen LogP contribution >= 0.6 is 0 Å². The predicted octanol–water partition coefficient (Wildman–Crippen LogP) is 6.03. The highest BCUT2D eigenvalue weighted by molar-refractivity contribution is 5.89. The van der Waals surface area contributed by atoms with Crippen molar-refractivity contribution in [1.82, 2.24) is 0 Å². The van der Waals surface area contributed by atoms with Crippen LogP contribution in [0.5, 0.6) is 5.75 Å². The molecule has 1 rings (SSSR count). The number of benzene rings is 1. The Hall–Kier alpha value is -1.77. The fourth-order valence-corrected chi connectivity index (χ4v) is 2.50. The largest absolute Gasteiger partial charge is 0.508 e. The molecule has 3 heteroatoms. The van der Waals surface area contributed by atoms with Gasteiger partial charge in [0.1, 0.15) is 5.75 Å². The zero-order valence-corrected chi connectivity index (χ0v) is 15.0. The van der Waals surface area contributed by atoms with Gasteiger partial charge in [0.15, 0.2) is 0 Å². The first kappa shape index (κ1) is 20.3. The molecule has 0 bridgehead atoms. The van der Waals surface area contributed by atoms with E-state index >= 15 is 0 Å². The van der Waals surface area contributed by atoms with Gasteiger partial charge in [-0.2, -0.15) is 0 Å². The molecule has 0 atom stereocenters. The molecule has 0 aliphatic heterocycles. The number of unbranched alkanes of at least 4 members (excludes halogenated alkanes) is 8. The Morgan fingerprint density at radius 2 is 1.50 bits per heavy atom. The first-order valence-electron chi connectivity index (χ1n) is 9.35. The van der Waals surface area contributed by atoms with E-state index in [-0.39, 0.29) is 11.7 Å². The Bertz CT molecular complexity index is 462. The topological polar surface area (TPSA) is 46.5 Å². The molecule has 0 spiro atoms. The fourth-order valence-electron chi connectivity index (χ4n) is 2.50. The third kappa shape index (κ3) is 10.1. The minimum atomic E-state index is -0.314. The van der Waals surface area contributed by atoms with Gasteiger partial charge in [-0.25, -0.2) is 4.79 Å². The van der Waals surface area contributed by atoms with Crippen LogP contribution in [-0.4, -0.2) is 17.7 Å². The van der Waals surface area contributed by atoms with Crippen molar-refractivity contribution in [1.29, 1.82) is 0 Å². The highest BCUT2D eigenvalue weighted by Gasteiger charge is 2.06. The van der Waals surface area contributed by atoms with Gasteiger partial charge in [-0.1, -0.05) is 57.6 Å².